The van der Waals surface area contributed by atoms with E-state index in [2.05, 4.69) is 5.32 Å². The minimum Gasteiger partial charge on any atom is -0.439 e. The molecule has 0 radical (unpaired) electrons. The van der Waals surface area contributed by atoms with Crippen molar-refractivity contribution in [2.24, 2.45) is 0 Å². The van der Waals surface area contributed by atoms with E-state index in [9.17, 15) is 14.7 Å². The molecule has 3 N–H and O–H groups in total. The van der Waals surface area contributed by atoms with Crippen molar-refractivity contribution in [2.75, 3.05) is 13.2 Å². The number of aliphatic hydroxyl groups excluding tert-OH is 2. The highest BCUT2D eigenvalue weighted by atomic mass is 16.6. The molecule has 0 aliphatic rings. The Morgan fingerprint density at radius 3 is 1.92 bits per heavy atom. The first kappa shape index (κ1) is 18.6. The Bertz CT molecular complexity index is 663. The maximum absolute atomic E-state index is 13.0. The first-order valence-corrected chi connectivity index (χ1v) is 7.88. The summed E-state index contributed by atoms with van der Waals surface area (Å²) in [6, 6.07) is 17.3. The van der Waals surface area contributed by atoms with Crippen LogP contribution < -0.4 is 5.32 Å². The molecule has 0 saturated carbocycles. The Morgan fingerprint density at radius 1 is 1.04 bits per heavy atom. The fraction of sp³-hybridized carbons (Fsp3) is 0.263. The number of rotatable bonds is 7. The van der Waals surface area contributed by atoms with Crippen molar-refractivity contribution in [1.82, 2.24) is 5.32 Å². The fourth-order valence-corrected chi connectivity index (χ4v) is 2.55. The maximum Gasteiger partial charge on any atom is 0.304 e. The fourth-order valence-electron chi connectivity index (χ4n) is 2.55. The molecule has 0 aliphatic carbocycles. The molecule has 1 unspecified atom stereocenters. The van der Waals surface area contributed by atoms with Gasteiger partial charge in [0, 0.05) is 24.6 Å². The first-order chi connectivity index (χ1) is 12.0. The van der Waals surface area contributed by atoms with Gasteiger partial charge in [0.1, 0.15) is 0 Å². The van der Waals surface area contributed by atoms with Gasteiger partial charge in [0.25, 0.3) is 5.91 Å². The molecule has 0 bridgehead atoms. The van der Waals surface area contributed by atoms with Crippen LogP contribution in [0.25, 0.3) is 0 Å². The standard InChI is InChI=1S/C19H21NO5/c1-14(22)25-19(15-8-4-2-5-9-15,16-10-6-3-7-11-16)18(24)20-12-17(23)13-21/h2-11,17,21,23H,12-13H2,1H3,(H,20,24). The van der Waals surface area contributed by atoms with E-state index < -0.39 is 30.2 Å². The van der Waals surface area contributed by atoms with Gasteiger partial charge in [-0.3, -0.25) is 9.59 Å². The number of hydrogen-bond acceptors (Lipinski definition) is 5. The van der Waals surface area contributed by atoms with Crippen LogP contribution in [0.2, 0.25) is 0 Å². The molecule has 1 atom stereocenters. The van der Waals surface area contributed by atoms with Gasteiger partial charge >= 0.3 is 5.97 Å². The van der Waals surface area contributed by atoms with Gasteiger partial charge in [-0.2, -0.15) is 0 Å². The van der Waals surface area contributed by atoms with Crippen molar-refractivity contribution in [3.63, 3.8) is 0 Å². The monoisotopic (exact) mass is 343 g/mol. The number of amides is 1. The van der Waals surface area contributed by atoms with Gasteiger partial charge in [-0.05, 0) is 0 Å². The van der Waals surface area contributed by atoms with Gasteiger partial charge in [0.2, 0.25) is 5.60 Å². The molecule has 6 nitrogen and oxygen atoms in total. The number of carbonyl (C=O) groups excluding carboxylic acids is 2. The van der Waals surface area contributed by atoms with Crippen LogP contribution in [0.1, 0.15) is 18.1 Å². The SMILES string of the molecule is CC(=O)OC(C(=O)NCC(O)CO)(c1ccccc1)c1ccccc1. The van der Waals surface area contributed by atoms with Gasteiger partial charge in [-0.1, -0.05) is 60.7 Å². The summed E-state index contributed by atoms with van der Waals surface area (Å²) in [5.74, 6) is -1.22. The van der Waals surface area contributed by atoms with Crippen molar-refractivity contribution < 1.29 is 24.5 Å². The zero-order chi connectivity index (χ0) is 18.3. The molecule has 0 spiro atoms. The molecule has 2 aromatic carbocycles. The van der Waals surface area contributed by atoms with E-state index >= 15 is 0 Å². The minimum absolute atomic E-state index is 0.169. The zero-order valence-corrected chi connectivity index (χ0v) is 13.9. The number of esters is 1. The number of carbonyl (C=O) groups is 2. The van der Waals surface area contributed by atoms with Crippen molar-refractivity contribution in [3.8, 4) is 0 Å². The van der Waals surface area contributed by atoms with Gasteiger partial charge in [0.15, 0.2) is 0 Å². The molecule has 6 heteroatoms. The lowest BCUT2D eigenvalue weighted by atomic mass is 9.85. The third-order valence-electron chi connectivity index (χ3n) is 3.69. The summed E-state index contributed by atoms with van der Waals surface area (Å²) in [5.41, 5.74) is -0.733. The zero-order valence-electron chi connectivity index (χ0n) is 13.9. The predicted molar refractivity (Wildman–Crippen MR) is 91.5 cm³/mol. The molecular formula is C19H21NO5. The van der Waals surface area contributed by atoms with Gasteiger partial charge in [0.05, 0.1) is 12.7 Å². The summed E-state index contributed by atoms with van der Waals surface area (Å²) >= 11 is 0. The van der Waals surface area contributed by atoms with E-state index in [0.717, 1.165) is 0 Å². The second kappa shape index (κ2) is 8.41. The first-order valence-electron chi connectivity index (χ1n) is 7.88. The highest BCUT2D eigenvalue weighted by Crippen LogP contribution is 2.34. The van der Waals surface area contributed by atoms with Gasteiger partial charge in [-0.25, -0.2) is 0 Å². The molecule has 0 saturated heterocycles. The van der Waals surface area contributed by atoms with Crippen LogP contribution in [0.5, 0.6) is 0 Å². The van der Waals surface area contributed by atoms with Crippen LogP contribution in [0.4, 0.5) is 0 Å². The normalized spacial score (nSPS) is 12.3. The van der Waals surface area contributed by atoms with E-state index in [0.29, 0.717) is 11.1 Å². The predicted octanol–water partition coefficient (Wildman–Crippen LogP) is 0.963. The maximum atomic E-state index is 13.0. The number of aliphatic hydroxyl groups is 2. The van der Waals surface area contributed by atoms with Crippen LogP contribution in [0.3, 0.4) is 0 Å². The Kier molecular flexibility index (Phi) is 6.27. The molecule has 25 heavy (non-hydrogen) atoms. The summed E-state index contributed by atoms with van der Waals surface area (Å²) in [5, 5.41) is 21.0. The summed E-state index contributed by atoms with van der Waals surface area (Å²) in [6.07, 6.45) is -1.11. The smallest absolute Gasteiger partial charge is 0.304 e. The van der Waals surface area contributed by atoms with Crippen LogP contribution >= 0.6 is 0 Å². The topological polar surface area (TPSA) is 95.9 Å². The number of hydrogen-bond donors (Lipinski definition) is 3. The molecule has 0 aromatic heterocycles. The summed E-state index contributed by atoms with van der Waals surface area (Å²) in [7, 11) is 0. The molecule has 1 amide bonds. The molecule has 132 valence electrons. The Hall–Kier alpha value is -2.70. The van der Waals surface area contributed by atoms with Crippen LogP contribution in [0, 0.1) is 0 Å². The summed E-state index contributed by atoms with van der Waals surface area (Å²) in [6.45, 7) is 0.575. The van der Waals surface area contributed by atoms with E-state index in [1.165, 1.54) is 6.92 Å². The lowest BCUT2D eigenvalue weighted by Gasteiger charge is -2.33. The number of benzene rings is 2. The minimum atomic E-state index is -1.69. The third-order valence-corrected chi connectivity index (χ3v) is 3.69. The molecule has 2 rings (SSSR count). The highest BCUT2D eigenvalue weighted by Gasteiger charge is 2.45. The van der Waals surface area contributed by atoms with Crippen molar-refractivity contribution in [1.29, 1.82) is 0 Å². The lowest BCUT2D eigenvalue weighted by Crippen LogP contribution is -2.50. The molecule has 0 aliphatic heterocycles. The molecule has 2 aromatic rings. The average molecular weight is 343 g/mol. The second-order valence-corrected chi connectivity index (χ2v) is 5.55. The van der Waals surface area contributed by atoms with E-state index in [1.807, 2.05) is 0 Å². The lowest BCUT2D eigenvalue weighted by molar-refractivity contribution is -0.163. The van der Waals surface area contributed by atoms with Crippen LogP contribution in [-0.4, -0.2) is 41.3 Å². The van der Waals surface area contributed by atoms with E-state index in [-0.39, 0.29) is 6.54 Å². The Balaban J connectivity index is 2.55. The van der Waals surface area contributed by atoms with Crippen molar-refractivity contribution >= 4 is 11.9 Å². The van der Waals surface area contributed by atoms with Crippen molar-refractivity contribution in [2.45, 2.75) is 18.6 Å². The molecule has 0 fully saturated rings. The Morgan fingerprint density at radius 2 is 1.52 bits per heavy atom. The highest BCUT2D eigenvalue weighted by molar-refractivity contribution is 5.92. The molecular weight excluding hydrogens is 322 g/mol. The van der Waals surface area contributed by atoms with Crippen LogP contribution in [0.15, 0.2) is 60.7 Å². The number of ether oxygens (including phenoxy) is 1. The second-order valence-electron chi connectivity index (χ2n) is 5.55. The summed E-state index contributed by atoms with van der Waals surface area (Å²) < 4.78 is 5.54. The largest absolute Gasteiger partial charge is 0.439 e. The van der Waals surface area contributed by atoms with Gasteiger partial charge in [-0.15, -0.1) is 0 Å². The summed E-state index contributed by atoms with van der Waals surface area (Å²) in [4.78, 5) is 24.9. The van der Waals surface area contributed by atoms with Crippen molar-refractivity contribution in [3.05, 3.63) is 71.8 Å². The third kappa shape index (κ3) is 4.23. The molecule has 0 heterocycles. The van der Waals surface area contributed by atoms with Crippen LogP contribution in [-0.2, 0) is 19.9 Å². The average Bonchev–Trinajstić information content (AvgIpc) is 2.65. The Labute approximate surface area is 146 Å². The van der Waals surface area contributed by atoms with E-state index in [4.69, 9.17) is 9.84 Å². The number of nitrogens with one attached hydrogen (secondary N) is 1. The van der Waals surface area contributed by atoms with E-state index in [1.54, 1.807) is 60.7 Å². The van der Waals surface area contributed by atoms with Gasteiger partial charge < -0.3 is 20.3 Å². The quantitative estimate of drug-likeness (QED) is 0.651.